The Morgan fingerprint density at radius 2 is 2.33 bits per heavy atom. The molecule has 0 radical (unpaired) electrons. The first kappa shape index (κ1) is 13.8. The van der Waals surface area contributed by atoms with Gasteiger partial charge in [0.05, 0.1) is 11.6 Å². The van der Waals surface area contributed by atoms with Crippen LogP contribution in [0.15, 0.2) is 30.5 Å². The van der Waals surface area contributed by atoms with Crippen molar-refractivity contribution < 1.29 is 4.79 Å². The number of rotatable bonds is 3. The van der Waals surface area contributed by atoms with E-state index in [-0.39, 0.29) is 11.9 Å². The average Bonchev–Trinajstić information content (AvgIpc) is 2.98. The van der Waals surface area contributed by atoms with Crippen molar-refractivity contribution >= 4 is 22.5 Å². The van der Waals surface area contributed by atoms with Gasteiger partial charge in [0.25, 0.3) is 0 Å². The molecule has 0 saturated carbocycles. The number of nitrogens with zero attached hydrogens (tertiary/aromatic N) is 2. The molecule has 0 spiro atoms. The summed E-state index contributed by atoms with van der Waals surface area (Å²) in [6, 6.07) is 7.78. The molecule has 2 heterocycles. The second-order valence-corrected chi connectivity index (χ2v) is 5.46. The van der Waals surface area contributed by atoms with Crippen LogP contribution in [0.1, 0.15) is 18.4 Å². The lowest BCUT2D eigenvalue weighted by molar-refractivity contribution is -0.125. The number of nitrogen functional groups attached to an aromatic ring is 1. The number of carbonyl (C=O) groups excluding carboxylic acids is 1. The second-order valence-electron chi connectivity index (χ2n) is 5.46. The predicted molar refractivity (Wildman–Crippen MR) is 83.7 cm³/mol. The Morgan fingerprint density at radius 1 is 1.48 bits per heavy atom. The van der Waals surface area contributed by atoms with Gasteiger partial charge in [0, 0.05) is 30.9 Å². The lowest BCUT2D eigenvalue weighted by Gasteiger charge is -2.23. The van der Waals surface area contributed by atoms with Crippen LogP contribution in [0, 0.1) is 0 Å². The smallest absolute Gasteiger partial charge is 0.237 e. The molecule has 3 N–H and O–H groups in total. The van der Waals surface area contributed by atoms with E-state index in [2.05, 4.69) is 15.2 Å². The zero-order valence-electron chi connectivity index (χ0n) is 12.2. The van der Waals surface area contributed by atoms with Crippen molar-refractivity contribution in [2.75, 3.05) is 19.3 Å². The number of anilines is 1. The summed E-state index contributed by atoms with van der Waals surface area (Å²) in [5, 5.41) is 3.73. The summed E-state index contributed by atoms with van der Waals surface area (Å²) in [5.41, 5.74) is 8.81. The second kappa shape index (κ2) is 5.69. The number of hydrogen-bond donors (Lipinski definition) is 2. The summed E-state index contributed by atoms with van der Waals surface area (Å²) in [5.74, 6) is 0.0974. The van der Waals surface area contributed by atoms with Crippen molar-refractivity contribution in [2.45, 2.75) is 25.4 Å². The molecule has 1 saturated heterocycles. The normalized spacial score (nSPS) is 19.0. The number of carbonyl (C=O) groups is 1. The van der Waals surface area contributed by atoms with Crippen molar-refractivity contribution in [1.29, 1.82) is 0 Å². The Morgan fingerprint density at radius 3 is 3.14 bits per heavy atom. The fraction of sp³-hybridized carbons (Fsp3) is 0.375. The molecule has 3 rings (SSSR count). The lowest BCUT2D eigenvalue weighted by Crippen LogP contribution is -2.41. The molecule has 5 nitrogen and oxygen atoms in total. The molecular formula is C16H20N4O. The van der Waals surface area contributed by atoms with Gasteiger partial charge in [0.2, 0.25) is 5.91 Å². The van der Waals surface area contributed by atoms with Gasteiger partial charge in [-0.1, -0.05) is 6.07 Å². The van der Waals surface area contributed by atoms with Crippen molar-refractivity contribution in [3.63, 3.8) is 0 Å². The molecule has 1 unspecified atom stereocenters. The lowest BCUT2D eigenvalue weighted by atomic mass is 10.1. The summed E-state index contributed by atoms with van der Waals surface area (Å²) < 4.78 is 0. The van der Waals surface area contributed by atoms with Crippen LogP contribution in [-0.4, -0.2) is 35.4 Å². The number of aromatic nitrogens is 1. The first-order chi connectivity index (χ1) is 10.2. The SMILES string of the molecule is CNC(=O)C1CCCN1Cc1ccc(N)c2cccnc12. The third kappa shape index (κ3) is 2.56. The number of benzene rings is 1. The van der Waals surface area contributed by atoms with E-state index in [0.717, 1.165) is 48.1 Å². The molecule has 2 aromatic rings. The van der Waals surface area contributed by atoms with E-state index in [4.69, 9.17) is 5.73 Å². The van der Waals surface area contributed by atoms with Gasteiger partial charge in [-0.05, 0) is 43.1 Å². The number of fused-ring (bicyclic) bond motifs is 1. The molecule has 21 heavy (non-hydrogen) atoms. The third-order valence-electron chi connectivity index (χ3n) is 4.17. The number of amides is 1. The molecule has 1 fully saturated rings. The van der Waals surface area contributed by atoms with E-state index in [9.17, 15) is 4.79 Å². The van der Waals surface area contributed by atoms with Crippen LogP contribution < -0.4 is 11.1 Å². The van der Waals surface area contributed by atoms with Crippen LogP contribution in [-0.2, 0) is 11.3 Å². The molecule has 1 aliphatic heterocycles. The molecule has 1 aliphatic rings. The van der Waals surface area contributed by atoms with Gasteiger partial charge in [-0.2, -0.15) is 0 Å². The van der Waals surface area contributed by atoms with E-state index >= 15 is 0 Å². The van der Waals surface area contributed by atoms with E-state index in [1.807, 2.05) is 24.3 Å². The summed E-state index contributed by atoms with van der Waals surface area (Å²) >= 11 is 0. The average molecular weight is 284 g/mol. The van der Waals surface area contributed by atoms with Gasteiger partial charge in [-0.3, -0.25) is 14.7 Å². The van der Waals surface area contributed by atoms with Crippen LogP contribution in [0.2, 0.25) is 0 Å². The standard InChI is InChI=1S/C16H20N4O/c1-18-16(21)14-5-3-9-20(14)10-11-6-7-13(17)12-4-2-8-19-15(11)12/h2,4,6-8,14H,3,5,9-10,17H2,1H3,(H,18,21). The van der Waals surface area contributed by atoms with Gasteiger partial charge in [-0.15, -0.1) is 0 Å². The monoisotopic (exact) mass is 284 g/mol. The van der Waals surface area contributed by atoms with Crippen LogP contribution in [0.5, 0.6) is 0 Å². The fourth-order valence-corrected chi connectivity index (χ4v) is 3.08. The van der Waals surface area contributed by atoms with Gasteiger partial charge in [-0.25, -0.2) is 0 Å². The van der Waals surface area contributed by atoms with E-state index in [1.54, 1.807) is 13.2 Å². The first-order valence-corrected chi connectivity index (χ1v) is 7.28. The van der Waals surface area contributed by atoms with Crippen molar-refractivity contribution in [1.82, 2.24) is 15.2 Å². The van der Waals surface area contributed by atoms with Crippen LogP contribution in [0.25, 0.3) is 10.9 Å². The van der Waals surface area contributed by atoms with Crippen molar-refractivity contribution in [3.8, 4) is 0 Å². The quantitative estimate of drug-likeness (QED) is 0.839. The number of likely N-dealkylation sites (tertiary alicyclic amines) is 1. The van der Waals surface area contributed by atoms with Crippen LogP contribution in [0.3, 0.4) is 0 Å². The number of likely N-dealkylation sites (N-methyl/N-ethyl adjacent to an activating group) is 1. The molecule has 110 valence electrons. The first-order valence-electron chi connectivity index (χ1n) is 7.28. The number of nitrogens with two attached hydrogens (primary N) is 1. The predicted octanol–water partition coefficient (Wildman–Crippen LogP) is 1.53. The Labute approximate surface area is 124 Å². The molecule has 1 amide bonds. The minimum Gasteiger partial charge on any atom is -0.398 e. The van der Waals surface area contributed by atoms with Gasteiger partial charge in [0.1, 0.15) is 0 Å². The largest absolute Gasteiger partial charge is 0.398 e. The minimum absolute atomic E-state index is 0.0358. The minimum atomic E-state index is -0.0358. The highest BCUT2D eigenvalue weighted by Gasteiger charge is 2.30. The maximum atomic E-state index is 11.9. The molecular weight excluding hydrogens is 264 g/mol. The Kier molecular flexibility index (Phi) is 3.75. The maximum Gasteiger partial charge on any atom is 0.237 e. The van der Waals surface area contributed by atoms with E-state index in [0.29, 0.717) is 0 Å². The van der Waals surface area contributed by atoms with Crippen LogP contribution >= 0.6 is 0 Å². The molecule has 1 aromatic heterocycles. The van der Waals surface area contributed by atoms with Crippen molar-refractivity contribution in [2.24, 2.45) is 0 Å². The Bertz CT molecular complexity index is 670. The summed E-state index contributed by atoms with van der Waals surface area (Å²) in [6.07, 6.45) is 3.75. The maximum absolute atomic E-state index is 11.9. The molecule has 1 aromatic carbocycles. The molecule has 1 atom stereocenters. The zero-order valence-corrected chi connectivity index (χ0v) is 12.2. The number of nitrogens with one attached hydrogen (secondary N) is 1. The molecule has 0 aliphatic carbocycles. The summed E-state index contributed by atoms with van der Waals surface area (Å²) in [6.45, 7) is 1.67. The molecule has 5 heteroatoms. The van der Waals surface area contributed by atoms with E-state index < -0.39 is 0 Å². The topological polar surface area (TPSA) is 71.2 Å². The highest BCUT2D eigenvalue weighted by atomic mass is 16.2. The highest BCUT2D eigenvalue weighted by molar-refractivity contribution is 5.92. The summed E-state index contributed by atoms with van der Waals surface area (Å²) in [4.78, 5) is 18.6. The van der Waals surface area contributed by atoms with Crippen LogP contribution in [0.4, 0.5) is 5.69 Å². The molecule has 0 bridgehead atoms. The van der Waals surface area contributed by atoms with Crippen molar-refractivity contribution in [3.05, 3.63) is 36.0 Å². The zero-order chi connectivity index (χ0) is 14.8. The highest BCUT2D eigenvalue weighted by Crippen LogP contribution is 2.26. The Balaban J connectivity index is 1.92. The summed E-state index contributed by atoms with van der Waals surface area (Å²) in [7, 11) is 1.69. The Hall–Kier alpha value is -2.14. The third-order valence-corrected chi connectivity index (χ3v) is 4.17. The van der Waals surface area contributed by atoms with Gasteiger partial charge in [0.15, 0.2) is 0 Å². The van der Waals surface area contributed by atoms with Gasteiger partial charge < -0.3 is 11.1 Å². The van der Waals surface area contributed by atoms with Gasteiger partial charge >= 0.3 is 0 Å². The number of pyridine rings is 1. The fourth-order valence-electron chi connectivity index (χ4n) is 3.08. The van der Waals surface area contributed by atoms with E-state index in [1.165, 1.54) is 0 Å². The number of hydrogen-bond acceptors (Lipinski definition) is 4.